The van der Waals surface area contributed by atoms with Crippen LogP contribution < -0.4 is 15.7 Å². The molecule has 0 aliphatic rings. The number of H-pyrrole nitrogens is 1. The summed E-state index contributed by atoms with van der Waals surface area (Å²) < 4.78 is 5.84. The molecule has 0 amide bonds. The maximum absolute atomic E-state index is 12.2. The number of aromatic hydroxyl groups is 1. The zero-order chi connectivity index (χ0) is 20.8. The summed E-state index contributed by atoms with van der Waals surface area (Å²) in [5.74, 6) is 0.411. The van der Waals surface area contributed by atoms with E-state index >= 15 is 0 Å². The van der Waals surface area contributed by atoms with E-state index in [1.807, 2.05) is 19.1 Å². The molecule has 0 bridgehead atoms. The van der Waals surface area contributed by atoms with Gasteiger partial charge in [0, 0.05) is 5.56 Å². The molecule has 29 heavy (non-hydrogen) atoms. The lowest BCUT2D eigenvalue weighted by molar-refractivity contribution is 0.317. The van der Waals surface area contributed by atoms with Gasteiger partial charge in [-0.15, -0.1) is 0 Å². The van der Waals surface area contributed by atoms with E-state index in [0.29, 0.717) is 28.0 Å². The van der Waals surface area contributed by atoms with Crippen molar-refractivity contribution in [3.63, 3.8) is 0 Å². The number of rotatable bonds is 6. The van der Waals surface area contributed by atoms with E-state index in [4.69, 9.17) is 4.74 Å². The number of hydrogen-bond acceptors (Lipinski definition) is 7. The Bertz CT molecular complexity index is 1150. The fourth-order valence-corrected chi connectivity index (χ4v) is 3.00. The number of nitriles is 1. The Morgan fingerprint density at radius 1 is 1.38 bits per heavy atom. The third-order valence-electron chi connectivity index (χ3n) is 3.81. The summed E-state index contributed by atoms with van der Waals surface area (Å²) in [6.07, 6.45) is 1.48. The van der Waals surface area contributed by atoms with Gasteiger partial charge in [-0.1, -0.05) is 30.3 Å². The highest BCUT2D eigenvalue weighted by atomic mass is 79.9. The van der Waals surface area contributed by atoms with Gasteiger partial charge < -0.3 is 9.84 Å². The molecule has 146 valence electrons. The number of anilines is 1. The Labute approximate surface area is 174 Å². The zero-order valence-corrected chi connectivity index (χ0v) is 16.9. The lowest BCUT2D eigenvalue weighted by Gasteiger charge is -2.08. The molecule has 0 fully saturated rings. The molecular weight excluding hydrogens is 438 g/mol. The number of hydrogen-bond donors (Lipinski definition) is 3. The summed E-state index contributed by atoms with van der Waals surface area (Å²) >= 11 is 3.26. The van der Waals surface area contributed by atoms with Gasteiger partial charge in [0.2, 0.25) is 5.95 Å². The Hall–Kier alpha value is -3.64. The second kappa shape index (κ2) is 9.03. The van der Waals surface area contributed by atoms with Crippen LogP contribution in [0.1, 0.15) is 18.1 Å². The largest absolute Gasteiger partial charge is 0.503 e. The van der Waals surface area contributed by atoms with Gasteiger partial charge in [-0.05, 0) is 40.5 Å². The van der Waals surface area contributed by atoms with Crippen molar-refractivity contribution >= 4 is 28.1 Å². The number of aromatic nitrogens is 2. The van der Waals surface area contributed by atoms with E-state index < -0.39 is 5.56 Å². The van der Waals surface area contributed by atoms with E-state index in [9.17, 15) is 15.2 Å². The fraction of sp³-hybridized carbons (Fsp3) is 0.100. The van der Waals surface area contributed by atoms with Crippen molar-refractivity contribution in [2.45, 2.75) is 6.92 Å². The molecule has 0 saturated heterocycles. The Morgan fingerprint density at radius 3 is 2.83 bits per heavy atom. The number of hydrazone groups is 1. The fourth-order valence-electron chi connectivity index (χ4n) is 2.54. The molecule has 1 aromatic heterocycles. The summed E-state index contributed by atoms with van der Waals surface area (Å²) in [5.41, 5.74) is 3.57. The third kappa shape index (κ3) is 4.62. The molecule has 8 nitrogen and oxygen atoms in total. The third-order valence-corrected chi connectivity index (χ3v) is 4.42. The average Bonchev–Trinajstić information content (AvgIpc) is 2.72. The summed E-state index contributed by atoms with van der Waals surface area (Å²) in [6.45, 7) is 2.21. The minimum absolute atomic E-state index is 0.00236. The highest BCUT2D eigenvalue weighted by Gasteiger charge is 2.13. The van der Waals surface area contributed by atoms with Crippen molar-refractivity contribution in [3.05, 3.63) is 68.4 Å². The van der Waals surface area contributed by atoms with Crippen LogP contribution in [-0.4, -0.2) is 27.9 Å². The molecule has 2 aromatic carbocycles. The molecule has 0 spiro atoms. The molecule has 9 heteroatoms. The molecule has 0 aliphatic carbocycles. The van der Waals surface area contributed by atoms with Gasteiger partial charge in [0.1, 0.15) is 11.6 Å². The van der Waals surface area contributed by atoms with E-state index in [1.54, 1.807) is 36.4 Å². The number of halogens is 1. The van der Waals surface area contributed by atoms with Gasteiger partial charge in [-0.2, -0.15) is 10.4 Å². The van der Waals surface area contributed by atoms with E-state index in [0.717, 1.165) is 0 Å². The molecule has 0 atom stereocenters. The van der Waals surface area contributed by atoms with Crippen LogP contribution in [0.15, 0.2) is 56.8 Å². The van der Waals surface area contributed by atoms with Crippen molar-refractivity contribution in [1.82, 2.24) is 9.97 Å². The predicted octanol–water partition coefficient (Wildman–Crippen LogP) is 3.62. The van der Waals surface area contributed by atoms with E-state index in [1.165, 1.54) is 6.21 Å². The summed E-state index contributed by atoms with van der Waals surface area (Å²) in [4.78, 5) is 19.0. The molecule has 1 heterocycles. The normalized spacial score (nSPS) is 10.7. The van der Waals surface area contributed by atoms with Crippen molar-refractivity contribution in [3.8, 4) is 28.8 Å². The Kier molecular flexibility index (Phi) is 6.26. The second-order valence-corrected chi connectivity index (χ2v) is 6.62. The van der Waals surface area contributed by atoms with Crippen LogP contribution in [0.25, 0.3) is 11.3 Å². The molecule has 3 aromatic rings. The van der Waals surface area contributed by atoms with Crippen molar-refractivity contribution < 1.29 is 9.84 Å². The first-order chi connectivity index (χ1) is 14.0. The second-order valence-electron chi connectivity index (χ2n) is 5.77. The number of ether oxygens (including phenoxy) is 1. The minimum atomic E-state index is -0.565. The highest BCUT2D eigenvalue weighted by molar-refractivity contribution is 9.10. The maximum atomic E-state index is 12.2. The molecule has 3 rings (SSSR count). The standard InChI is InChI=1S/C20H16BrN5O3/c1-2-29-16-9-12(8-15(21)18(16)27)11-23-26-20-24-17(13-6-4-3-5-7-13)14(10-22)19(28)25-20/h3-9,11,27H,2H2,1H3,(H2,24,25,26,28). The van der Waals surface area contributed by atoms with Crippen LogP contribution >= 0.6 is 15.9 Å². The van der Waals surface area contributed by atoms with Crippen LogP contribution in [0.5, 0.6) is 11.5 Å². The maximum Gasteiger partial charge on any atom is 0.270 e. The van der Waals surface area contributed by atoms with Crippen LogP contribution in [0.2, 0.25) is 0 Å². The molecule has 0 radical (unpaired) electrons. The number of phenolic OH excluding ortho intramolecular Hbond substituents is 1. The molecule has 0 aliphatic heterocycles. The van der Waals surface area contributed by atoms with Crippen molar-refractivity contribution in [1.29, 1.82) is 5.26 Å². The summed E-state index contributed by atoms with van der Waals surface area (Å²) in [6, 6.07) is 14.1. The summed E-state index contributed by atoms with van der Waals surface area (Å²) in [7, 11) is 0. The quantitative estimate of drug-likeness (QED) is 0.386. The van der Waals surface area contributed by atoms with Crippen LogP contribution in [0.4, 0.5) is 5.95 Å². The smallest absolute Gasteiger partial charge is 0.270 e. The van der Waals surface area contributed by atoms with Gasteiger partial charge in [-0.25, -0.2) is 10.4 Å². The van der Waals surface area contributed by atoms with Gasteiger partial charge >= 0.3 is 0 Å². The van der Waals surface area contributed by atoms with Gasteiger partial charge in [0.15, 0.2) is 11.5 Å². The Balaban J connectivity index is 1.89. The Morgan fingerprint density at radius 2 is 2.14 bits per heavy atom. The van der Waals surface area contributed by atoms with Crippen molar-refractivity contribution in [2.75, 3.05) is 12.0 Å². The van der Waals surface area contributed by atoms with Crippen molar-refractivity contribution in [2.24, 2.45) is 5.10 Å². The molecule has 3 N–H and O–H groups in total. The van der Waals surface area contributed by atoms with Gasteiger partial charge in [0.25, 0.3) is 5.56 Å². The minimum Gasteiger partial charge on any atom is -0.503 e. The predicted molar refractivity (Wildman–Crippen MR) is 113 cm³/mol. The SMILES string of the molecule is CCOc1cc(C=NNc2nc(-c3ccccc3)c(C#N)c(=O)[nH]2)cc(Br)c1O. The number of phenols is 1. The number of nitrogens with one attached hydrogen (secondary N) is 2. The number of nitrogens with zero attached hydrogens (tertiary/aromatic N) is 3. The first-order valence-electron chi connectivity index (χ1n) is 8.57. The van der Waals surface area contributed by atoms with Crippen LogP contribution in [0, 0.1) is 11.3 Å². The number of aromatic amines is 1. The topological polar surface area (TPSA) is 123 Å². The van der Waals surface area contributed by atoms with E-state index in [2.05, 4.69) is 36.4 Å². The monoisotopic (exact) mass is 453 g/mol. The number of benzene rings is 2. The highest BCUT2D eigenvalue weighted by Crippen LogP contribution is 2.35. The lowest BCUT2D eigenvalue weighted by Crippen LogP contribution is -2.16. The van der Waals surface area contributed by atoms with Gasteiger partial charge in [-0.3, -0.25) is 9.78 Å². The van der Waals surface area contributed by atoms with Crippen LogP contribution in [0.3, 0.4) is 0 Å². The lowest BCUT2D eigenvalue weighted by atomic mass is 10.1. The molecular formula is C20H16BrN5O3. The first kappa shape index (κ1) is 20.1. The molecule has 0 unspecified atom stereocenters. The van der Waals surface area contributed by atoms with E-state index in [-0.39, 0.29) is 23.0 Å². The zero-order valence-electron chi connectivity index (χ0n) is 15.3. The van der Waals surface area contributed by atoms with Gasteiger partial charge in [0.05, 0.1) is 23.0 Å². The first-order valence-corrected chi connectivity index (χ1v) is 9.37. The molecule has 0 saturated carbocycles. The van der Waals surface area contributed by atoms with Crippen LogP contribution in [-0.2, 0) is 0 Å². The summed E-state index contributed by atoms with van der Waals surface area (Å²) in [5, 5.41) is 23.3. The average molecular weight is 454 g/mol.